The van der Waals surface area contributed by atoms with Crippen molar-refractivity contribution in [2.75, 3.05) is 19.8 Å². The highest BCUT2D eigenvalue weighted by Crippen LogP contribution is 2.60. The molecule has 4 rings (SSSR count). The Morgan fingerprint density at radius 1 is 0.861 bits per heavy atom. The van der Waals surface area contributed by atoms with Crippen LogP contribution in [0.2, 0.25) is 0 Å². The number of carbonyl (C=O) groups is 2. The van der Waals surface area contributed by atoms with Gasteiger partial charge in [-0.1, -0.05) is 60.1 Å². The fourth-order valence-electron chi connectivity index (χ4n) is 6.83. The van der Waals surface area contributed by atoms with Crippen molar-refractivity contribution in [3.05, 3.63) is 41.5 Å². The summed E-state index contributed by atoms with van der Waals surface area (Å²) in [5.41, 5.74) is 2.36. The van der Waals surface area contributed by atoms with Gasteiger partial charge in [0.1, 0.15) is 19.0 Å². The van der Waals surface area contributed by atoms with E-state index in [1.165, 1.54) is 43.7 Å². The Labute approximate surface area is 217 Å². The quantitative estimate of drug-likeness (QED) is 0.238. The van der Waals surface area contributed by atoms with Gasteiger partial charge in [0.05, 0.1) is 6.61 Å². The molecule has 5 unspecified atom stereocenters. The number of rotatable bonds is 8. The number of ether oxygens (including phenoxy) is 3. The molecule has 0 heterocycles. The molecule has 5 atom stereocenters. The predicted molar refractivity (Wildman–Crippen MR) is 141 cm³/mol. The molecule has 0 saturated heterocycles. The second-order valence-electron chi connectivity index (χ2n) is 13.1. The summed E-state index contributed by atoms with van der Waals surface area (Å²) < 4.78 is 16.7. The fraction of sp³-hybridized carbons (Fsp3) is 0.677. The molecule has 1 aromatic carbocycles. The summed E-state index contributed by atoms with van der Waals surface area (Å²) in [5, 5.41) is 0. The molecule has 0 aliphatic heterocycles. The maximum absolute atomic E-state index is 12.1. The first-order chi connectivity index (χ1) is 16.9. The molecule has 3 saturated carbocycles. The molecule has 3 fully saturated rings. The van der Waals surface area contributed by atoms with Crippen LogP contribution in [0.15, 0.2) is 30.4 Å². The van der Waals surface area contributed by atoms with E-state index in [0.29, 0.717) is 12.5 Å². The topological polar surface area (TPSA) is 61.8 Å². The van der Waals surface area contributed by atoms with Crippen molar-refractivity contribution in [3.63, 3.8) is 0 Å². The Kier molecular flexibility index (Phi) is 7.87. The van der Waals surface area contributed by atoms with Gasteiger partial charge in [-0.25, -0.2) is 9.59 Å². The number of benzene rings is 1. The second kappa shape index (κ2) is 10.6. The molecule has 36 heavy (non-hydrogen) atoms. The minimum atomic E-state index is -0.566. The van der Waals surface area contributed by atoms with E-state index in [4.69, 9.17) is 14.2 Å². The molecule has 0 amide bonds. The zero-order chi connectivity index (χ0) is 26.1. The molecule has 0 spiro atoms. The Morgan fingerprint density at radius 3 is 2.25 bits per heavy atom. The van der Waals surface area contributed by atoms with Crippen LogP contribution in [0.3, 0.4) is 0 Å². The third kappa shape index (κ3) is 6.15. The van der Waals surface area contributed by atoms with Gasteiger partial charge in [-0.05, 0) is 83.3 Å². The van der Waals surface area contributed by atoms with Gasteiger partial charge >= 0.3 is 11.9 Å². The van der Waals surface area contributed by atoms with Crippen LogP contribution in [-0.4, -0.2) is 31.8 Å². The first kappa shape index (κ1) is 26.8. The van der Waals surface area contributed by atoms with E-state index < -0.39 is 11.9 Å². The smallest absolute Gasteiger partial charge is 0.331 e. The van der Waals surface area contributed by atoms with E-state index >= 15 is 0 Å². The Balaban J connectivity index is 1.18. The van der Waals surface area contributed by atoms with Crippen LogP contribution < -0.4 is 4.74 Å². The number of fused-ring (bicyclic) bond motifs is 5. The van der Waals surface area contributed by atoms with Crippen molar-refractivity contribution in [2.24, 2.45) is 29.6 Å². The van der Waals surface area contributed by atoms with E-state index in [0.717, 1.165) is 41.1 Å². The Hall–Kier alpha value is -2.30. The number of hydrogen-bond donors (Lipinski definition) is 0. The third-order valence-electron chi connectivity index (χ3n) is 8.60. The lowest BCUT2D eigenvalue weighted by atomic mass is 9.76. The van der Waals surface area contributed by atoms with Gasteiger partial charge in [0.2, 0.25) is 0 Å². The van der Waals surface area contributed by atoms with Gasteiger partial charge in [0.25, 0.3) is 0 Å². The average Bonchev–Trinajstić information content (AvgIpc) is 3.51. The van der Waals surface area contributed by atoms with E-state index in [1.54, 1.807) is 0 Å². The van der Waals surface area contributed by atoms with Crippen LogP contribution in [0.5, 0.6) is 5.75 Å². The lowest BCUT2D eigenvalue weighted by Gasteiger charge is -2.31. The van der Waals surface area contributed by atoms with E-state index in [9.17, 15) is 9.59 Å². The predicted octanol–water partition coefficient (Wildman–Crippen LogP) is 6.38. The second-order valence-corrected chi connectivity index (χ2v) is 13.1. The monoisotopic (exact) mass is 496 g/mol. The zero-order valence-electron chi connectivity index (χ0n) is 23.0. The fourth-order valence-corrected chi connectivity index (χ4v) is 6.83. The summed E-state index contributed by atoms with van der Waals surface area (Å²) in [5.74, 6) is 3.62. The largest absolute Gasteiger partial charge is 0.490 e. The molecule has 1 aromatic rings. The molecule has 0 N–H and O–H groups in total. The number of esters is 2. The minimum Gasteiger partial charge on any atom is -0.490 e. The van der Waals surface area contributed by atoms with Gasteiger partial charge in [-0.2, -0.15) is 0 Å². The van der Waals surface area contributed by atoms with Crippen molar-refractivity contribution in [1.82, 2.24) is 0 Å². The van der Waals surface area contributed by atoms with Gasteiger partial charge in [0, 0.05) is 12.2 Å². The maximum Gasteiger partial charge on any atom is 0.331 e. The first-order valence-electron chi connectivity index (χ1n) is 13.7. The van der Waals surface area contributed by atoms with E-state index in [1.807, 2.05) is 6.07 Å². The zero-order valence-corrected chi connectivity index (χ0v) is 23.0. The van der Waals surface area contributed by atoms with Crippen LogP contribution in [0, 0.1) is 29.6 Å². The molecule has 3 aliphatic carbocycles. The van der Waals surface area contributed by atoms with Crippen molar-refractivity contribution < 1.29 is 23.8 Å². The SMILES string of the molecule is CC(C)(C)c1ccc(OCCOC(=O)/C=C/C(=O)OCC2CC3CC2C2CCCC32)c(C(C)(C)C)c1. The summed E-state index contributed by atoms with van der Waals surface area (Å²) in [7, 11) is 0. The van der Waals surface area contributed by atoms with Crippen LogP contribution >= 0.6 is 0 Å². The van der Waals surface area contributed by atoms with Crippen molar-refractivity contribution in [2.45, 2.75) is 84.5 Å². The maximum atomic E-state index is 12.1. The van der Waals surface area contributed by atoms with E-state index in [2.05, 4.69) is 53.7 Å². The summed E-state index contributed by atoms with van der Waals surface area (Å²) in [6.07, 6.45) is 8.96. The van der Waals surface area contributed by atoms with Gasteiger partial charge in [0.15, 0.2) is 0 Å². The molecule has 3 aliphatic rings. The molecule has 5 nitrogen and oxygen atoms in total. The third-order valence-corrected chi connectivity index (χ3v) is 8.60. The average molecular weight is 497 g/mol. The molecular weight excluding hydrogens is 452 g/mol. The number of hydrogen-bond acceptors (Lipinski definition) is 5. The van der Waals surface area contributed by atoms with Gasteiger partial charge in [-0.15, -0.1) is 0 Å². The summed E-state index contributed by atoms with van der Waals surface area (Å²) in [6.45, 7) is 13.9. The Bertz CT molecular complexity index is 980. The molecule has 5 heteroatoms. The molecule has 0 radical (unpaired) electrons. The summed E-state index contributed by atoms with van der Waals surface area (Å²) >= 11 is 0. The highest BCUT2D eigenvalue weighted by Gasteiger charge is 2.53. The number of carbonyl (C=O) groups excluding carboxylic acids is 2. The molecule has 2 bridgehead atoms. The highest BCUT2D eigenvalue weighted by molar-refractivity contribution is 5.91. The lowest BCUT2D eigenvalue weighted by Crippen LogP contribution is -2.28. The van der Waals surface area contributed by atoms with Crippen LogP contribution in [0.25, 0.3) is 0 Å². The molecular formula is C31H44O5. The normalized spacial score (nSPS) is 27.3. The van der Waals surface area contributed by atoms with Crippen LogP contribution in [0.1, 0.15) is 84.8 Å². The lowest BCUT2D eigenvalue weighted by molar-refractivity contribution is -0.142. The molecule has 198 valence electrons. The van der Waals surface area contributed by atoms with Gasteiger partial charge in [-0.3, -0.25) is 0 Å². The van der Waals surface area contributed by atoms with E-state index in [-0.39, 0.29) is 24.0 Å². The standard InChI is InChI=1S/C31H44O5/c1-30(2,3)22-10-11-27(26(18-22)31(4,5)6)34-14-15-35-28(32)12-13-29(33)36-19-21-16-20-17-25(21)24-9-7-8-23(20)24/h10-13,18,20-21,23-25H,7-9,14-17,19H2,1-6H3/b13-12+. The Morgan fingerprint density at radius 2 is 1.56 bits per heavy atom. The van der Waals surface area contributed by atoms with Crippen LogP contribution in [-0.2, 0) is 29.9 Å². The van der Waals surface area contributed by atoms with Crippen molar-refractivity contribution in [1.29, 1.82) is 0 Å². The van der Waals surface area contributed by atoms with Crippen LogP contribution in [0.4, 0.5) is 0 Å². The molecule has 0 aromatic heterocycles. The highest BCUT2D eigenvalue weighted by atomic mass is 16.6. The minimum absolute atomic E-state index is 0.0529. The first-order valence-corrected chi connectivity index (χ1v) is 13.7. The van der Waals surface area contributed by atoms with Crippen molar-refractivity contribution >= 4 is 11.9 Å². The van der Waals surface area contributed by atoms with Gasteiger partial charge < -0.3 is 14.2 Å². The summed E-state index contributed by atoms with van der Waals surface area (Å²) in [4.78, 5) is 24.2. The van der Waals surface area contributed by atoms with Crippen molar-refractivity contribution in [3.8, 4) is 5.75 Å². The summed E-state index contributed by atoms with van der Waals surface area (Å²) in [6, 6.07) is 6.30.